The monoisotopic (exact) mass is 332 g/mol. The first-order valence-electron chi connectivity index (χ1n) is 8.16. The molecular weight excluding hydrogens is 312 g/mol. The highest BCUT2D eigenvalue weighted by atomic mass is 16.3. The molecular formula is C21H20N2O2. The van der Waals surface area contributed by atoms with Crippen LogP contribution < -0.4 is 0 Å². The average molecular weight is 332 g/mol. The third-order valence-corrected chi connectivity index (χ3v) is 3.96. The van der Waals surface area contributed by atoms with Gasteiger partial charge in [-0.2, -0.15) is 0 Å². The summed E-state index contributed by atoms with van der Waals surface area (Å²) in [7, 11) is 0. The first-order chi connectivity index (χ1) is 12.2. The van der Waals surface area contributed by atoms with E-state index in [0.29, 0.717) is 18.8 Å². The number of carbonyl (C=O) groups excluding carboxylic acids is 1. The van der Waals surface area contributed by atoms with Crippen LogP contribution in [0.15, 0.2) is 77.7 Å². The van der Waals surface area contributed by atoms with Crippen LogP contribution in [0.5, 0.6) is 0 Å². The van der Waals surface area contributed by atoms with Crippen LogP contribution in [0.3, 0.4) is 0 Å². The Morgan fingerprint density at radius 2 is 2.00 bits per heavy atom. The lowest BCUT2D eigenvalue weighted by Crippen LogP contribution is -2.28. The fraction of sp³-hybridized carbons (Fsp3) is 0.143. The summed E-state index contributed by atoms with van der Waals surface area (Å²) in [4.78, 5) is 18.7. The average Bonchev–Trinajstić information content (AvgIpc) is 3.15. The quantitative estimate of drug-likeness (QED) is 0.635. The van der Waals surface area contributed by atoms with Crippen molar-refractivity contribution in [2.75, 3.05) is 0 Å². The number of hydrogen-bond acceptors (Lipinski definition) is 3. The van der Waals surface area contributed by atoms with Gasteiger partial charge in [-0.05, 0) is 47.9 Å². The summed E-state index contributed by atoms with van der Waals surface area (Å²) in [6, 6.07) is 15.6. The van der Waals surface area contributed by atoms with E-state index in [-0.39, 0.29) is 5.91 Å². The van der Waals surface area contributed by atoms with E-state index >= 15 is 0 Å². The molecule has 0 spiro atoms. The molecule has 1 aromatic carbocycles. The first-order valence-corrected chi connectivity index (χ1v) is 8.16. The molecule has 4 nitrogen and oxygen atoms in total. The van der Waals surface area contributed by atoms with Crippen molar-refractivity contribution in [3.63, 3.8) is 0 Å². The van der Waals surface area contributed by atoms with Crippen molar-refractivity contribution in [3.8, 4) is 0 Å². The number of aromatic nitrogens is 1. The Kier molecular flexibility index (Phi) is 5.42. The van der Waals surface area contributed by atoms with E-state index in [2.05, 4.69) is 24.0 Å². The highest BCUT2D eigenvalue weighted by Crippen LogP contribution is 2.14. The number of furan rings is 1. The van der Waals surface area contributed by atoms with Crippen molar-refractivity contribution in [2.24, 2.45) is 0 Å². The van der Waals surface area contributed by atoms with Gasteiger partial charge in [-0.3, -0.25) is 9.78 Å². The third-order valence-electron chi connectivity index (χ3n) is 3.96. The number of aryl methyl sites for hydroxylation is 1. The Labute approximate surface area is 147 Å². The van der Waals surface area contributed by atoms with Gasteiger partial charge in [-0.1, -0.05) is 30.3 Å². The lowest BCUT2D eigenvalue weighted by molar-refractivity contribution is -0.127. The summed E-state index contributed by atoms with van der Waals surface area (Å²) in [6.07, 6.45) is 8.34. The summed E-state index contributed by atoms with van der Waals surface area (Å²) in [5.74, 6) is 0.592. The van der Waals surface area contributed by atoms with E-state index in [4.69, 9.17) is 4.42 Å². The molecule has 0 bridgehead atoms. The van der Waals surface area contributed by atoms with E-state index in [1.807, 2.05) is 30.3 Å². The topological polar surface area (TPSA) is 46.3 Å². The van der Waals surface area contributed by atoms with Crippen LogP contribution in [0.2, 0.25) is 0 Å². The van der Waals surface area contributed by atoms with Gasteiger partial charge in [0, 0.05) is 31.6 Å². The van der Waals surface area contributed by atoms with Crippen LogP contribution in [0.25, 0.3) is 6.08 Å². The van der Waals surface area contributed by atoms with Crippen LogP contribution in [0.4, 0.5) is 0 Å². The molecule has 0 saturated carbocycles. The number of carbonyl (C=O) groups is 1. The molecule has 0 unspecified atom stereocenters. The molecule has 0 saturated heterocycles. The van der Waals surface area contributed by atoms with Gasteiger partial charge in [0.05, 0.1) is 6.26 Å². The maximum atomic E-state index is 12.7. The summed E-state index contributed by atoms with van der Waals surface area (Å²) in [5, 5.41) is 0. The second-order valence-electron chi connectivity index (χ2n) is 5.83. The van der Waals surface area contributed by atoms with Crippen molar-refractivity contribution in [3.05, 3.63) is 95.7 Å². The van der Waals surface area contributed by atoms with Gasteiger partial charge in [0.1, 0.15) is 5.76 Å². The molecule has 1 amide bonds. The summed E-state index contributed by atoms with van der Waals surface area (Å²) in [5.41, 5.74) is 3.29. The van der Waals surface area contributed by atoms with Gasteiger partial charge in [-0.15, -0.1) is 0 Å². The number of amides is 1. The van der Waals surface area contributed by atoms with Crippen LogP contribution in [0.1, 0.15) is 22.5 Å². The number of hydrogen-bond donors (Lipinski definition) is 0. The molecule has 0 radical (unpaired) electrons. The number of pyridine rings is 1. The molecule has 3 rings (SSSR count). The van der Waals surface area contributed by atoms with E-state index in [1.165, 1.54) is 5.56 Å². The van der Waals surface area contributed by atoms with Crippen molar-refractivity contribution in [1.29, 1.82) is 0 Å². The molecule has 126 valence electrons. The van der Waals surface area contributed by atoms with Gasteiger partial charge in [-0.25, -0.2) is 0 Å². The van der Waals surface area contributed by atoms with Crippen LogP contribution in [0, 0.1) is 6.92 Å². The van der Waals surface area contributed by atoms with E-state index in [9.17, 15) is 4.79 Å². The van der Waals surface area contributed by atoms with Crippen molar-refractivity contribution >= 4 is 12.0 Å². The zero-order chi connectivity index (χ0) is 17.5. The zero-order valence-electron chi connectivity index (χ0n) is 14.1. The number of benzene rings is 1. The van der Waals surface area contributed by atoms with Crippen LogP contribution >= 0.6 is 0 Å². The minimum Gasteiger partial charge on any atom is -0.465 e. The van der Waals surface area contributed by atoms with Gasteiger partial charge in [0.15, 0.2) is 0 Å². The Bertz CT molecular complexity index is 839. The van der Waals surface area contributed by atoms with Crippen molar-refractivity contribution < 1.29 is 9.21 Å². The fourth-order valence-corrected chi connectivity index (χ4v) is 2.56. The second-order valence-corrected chi connectivity index (χ2v) is 5.83. The predicted octanol–water partition coefficient (Wildman–Crippen LogP) is 4.23. The molecule has 0 atom stereocenters. The first kappa shape index (κ1) is 16.7. The molecule has 0 aliphatic rings. The van der Waals surface area contributed by atoms with Crippen molar-refractivity contribution in [1.82, 2.24) is 9.88 Å². The van der Waals surface area contributed by atoms with E-state index in [0.717, 1.165) is 11.1 Å². The summed E-state index contributed by atoms with van der Waals surface area (Å²) in [6.45, 7) is 3.10. The van der Waals surface area contributed by atoms with Gasteiger partial charge < -0.3 is 9.32 Å². The van der Waals surface area contributed by atoms with E-state index < -0.39 is 0 Å². The van der Waals surface area contributed by atoms with Gasteiger partial charge in [0.25, 0.3) is 0 Å². The summed E-state index contributed by atoms with van der Waals surface area (Å²) < 4.78 is 5.25. The molecule has 0 aliphatic carbocycles. The van der Waals surface area contributed by atoms with E-state index in [1.54, 1.807) is 41.8 Å². The summed E-state index contributed by atoms with van der Waals surface area (Å²) >= 11 is 0. The van der Waals surface area contributed by atoms with Crippen molar-refractivity contribution in [2.45, 2.75) is 20.0 Å². The Morgan fingerprint density at radius 3 is 2.72 bits per heavy atom. The Morgan fingerprint density at radius 1 is 1.12 bits per heavy atom. The molecule has 3 aromatic rings. The number of nitrogens with zero attached hydrogens (tertiary/aromatic N) is 2. The fourth-order valence-electron chi connectivity index (χ4n) is 2.56. The number of rotatable bonds is 6. The highest BCUT2D eigenvalue weighted by Gasteiger charge is 2.13. The molecule has 0 aliphatic heterocycles. The maximum Gasteiger partial charge on any atom is 0.247 e. The zero-order valence-corrected chi connectivity index (χ0v) is 14.1. The smallest absolute Gasteiger partial charge is 0.247 e. The van der Waals surface area contributed by atoms with Crippen LogP contribution in [-0.4, -0.2) is 15.8 Å². The van der Waals surface area contributed by atoms with Gasteiger partial charge >= 0.3 is 0 Å². The molecule has 2 aromatic heterocycles. The minimum atomic E-state index is -0.0662. The predicted molar refractivity (Wildman–Crippen MR) is 97.4 cm³/mol. The lowest BCUT2D eigenvalue weighted by atomic mass is 10.1. The SMILES string of the molecule is Cc1ccccc1CN(Cc1cccnc1)C(=O)/C=C/c1ccco1. The molecule has 25 heavy (non-hydrogen) atoms. The normalized spacial score (nSPS) is 10.9. The maximum absolute atomic E-state index is 12.7. The Balaban J connectivity index is 1.80. The molecule has 0 N–H and O–H groups in total. The standard InChI is InChI=1S/C21H20N2O2/c1-17-6-2-3-8-19(17)16-23(15-18-7-4-12-22-14-18)21(24)11-10-20-9-5-13-25-20/h2-14H,15-16H2,1H3/b11-10+. The molecule has 0 fully saturated rings. The van der Waals surface area contributed by atoms with Gasteiger partial charge in [0.2, 0.25) is 5.91 Å². The molecule has 2 heterocycles. The largest absolute Gasteiger partial charge is 0.465 e. The minimum absolute atomic E-state index is 0.0662. The van der Waals surface area contributed by atoms with Crippen LogP contribution in [-0.2, 0) is 17.9 Å². The highest BCUT2D eigenvalue weighted by molar-refractivity contribution is 5.91. The molecule has 4 heteroatoms. The third kappa shape index (κ3) is 4.67. The Hall–Kier alpha value is -3.14. The second kappa shape index (κ2) is 8.11. The lowest BCUT2D eigenvalue weighted by Gasteiger charge is -2.22.